The quantitative estimate of drug-likeness (QED) is 0.324. The number of methoxy groups -OCH3 is 1. The Labute approximate surface area is 218 Å². The zero-order valence-electron chi connectivity index (χ0n) is 20.7. The molecule has 0 unspecified atom stereocenters. The molecule has 0 fully saturated rings. The largest absolute Gasteiger partial charge is 0.573 e. The SMILES string of the molecule is CNS(=O)(=O)Cn1c(=O)c2c(nc(Oc3cccc(OC(F)(F)F)c3)n2Cc2ccc(OC)cc2)n(C)c1=O. The standard InChI is InChI=1S/C23H22F3N5O7S/c1-27-39(34,35)13-31-20(32)18-19(29(2)22(31)33)28-21(30(18)12-14-7-9-15(36-3)10-8-14)37-16-5-4-6-17(11-16)38-23(24,25)26/h4-11,27H,12-13H2,1-3H3. The molecule has 16 heteroatoms. The van der Waals surface area contributed by atoms with E-state index in [4.69, 9.17) is 9.47 Å². The lowest BCUT2D eigenvalue weighted by Crippen LogP contribution is -2.43. The van der Waals surface area contributed by atoms with Crippen LogP contribution >= 0.6 is 0 Å². The predicted molar refractivity (Wildman–Crippen MR) is 133 cm³/mol. The Balaban J connectivity index is 1.90. The fourth-order valence-electron chi connectivity index (χ4n) is 3.68. The number of imidazole rings is 1. The van der Waals surface area contributed by atoms with Crippen molar-refractivity contribution in [1.29, 1.82) is 0 Å². The number of benzene rings is 2. The van der Waals surface area contributed by atoms with Crippen LogP contribution in [0.5, 0.6) is 23.3 Å². The van der Waals surface area contributed by atoms with Crippen LogP contribution in [0.2, 0.25) is 0 Å². The summed E-state index contributed by atoms with van der Waals surface area (Å²) < 4.78 is 82.1. The molecule has 208 valence electrons. The normalized spacial score (nSPS) is 12.1. The highest BCUT2D eigenvalue weighted by Crippen LogP contribution is 2.30. The zero-order chi connectivity index (χ0) is 28.5. The zero-order valence-corrected chi connectivity index (χ0v) is 21.5. The van der Waals surface area contributed by atoms with E-state index < -0.39 is 39.3 Å². The van der Waals surface area contributed by atoms with Crippen molar-refractivity contribution in [3.63, 3.8) is 0 Å². The predicted octanol–water partition coefficient (Wildman–Crippen LogP) is 2.15. The summed E-state index contributed by atoms with van der Waals surface area (Å²) in [5.74, 6) is -1.05. The molecule has 0 atom stereocenters. The van der Waals surface area contributed by atoms with Crippen LogP contribution in [0.25, 0.3) is 11.2 Å². The van der Waals surface area contributed by atoms with Crippen molar-refractivity contribution in [3.8, 4) is 23.3 Å². The molecule has 0 amide bonds. The van der Waals surface area contributed by atoms with E-state index >= 15 is 0 Å². The summed E-state index contributed by atoms with van der Waals surface area (Å²) in [6.45, 7) is -0.0409. The maximum atomic E-state index is 13.5. The molecule has 2 aromatic heterocycles. The van der Waals surface area contributed by atoms with E-state index in [-0.39, 0.29) is 29.5 Å². The van der Waals surface area contributed by atoms with Crippen LogP contribution in [0.1, 0.15) is 5.56 Å². The number of nitrogens with zero attached hydrogens (tertiary/aromatic N) is 4. The van der Waals surface area contributed by atoms with Gasteiger partial charge in [0.1, 0.15) is 23.1 Å². The van der Waals surface area contributed by atoms with E-state index in [1.807, 2.05) is 4.72 Å². The Morgan fingerprint density at radius 2 is 1.67 bits per heavy atom. The molecule has 2 aromatic carbocycles. The van der Waals surface area contributed by atoms with Crippen molar-refractivity contribution in [2.75, 3.05) is 14.2 Å². The number of aromatic nitrogens is 4. The third-order valence-electron chi connectivity index (χ3n) is 5.56. The van der Waals surface area contributed by atoms with Gasteiger partial charge in [-0.3, -0.25) is 13.9 Å². The summed E-state index contributed by atoms with van der Waals surface area (Å²) in [5, 5.41) is 0. The topological polar surface area (TPSA) is 136 Å². The minimum Gasteiger partial charge on any atom is -0.497 e. The van der Waals surface area contributed by atoms with Gasteiger partial charge in [0, 0.05) is 13.1 Å². The van der Waals surface area contributed by atoms with Gasteiger partial charge in [-0.25, -0.2) is 22.5 Å². The van der Waals surface area contributed by atoms with E-state index in [9.17, 15) is 31.2 Å². The van der Waals surface area contributed by atoms with Gasteiger partial charge < -0.3 is 14.2 Å². The molecule has 1 N–H and O–H groups in total. The molecule has 4 aromatic rings. The maximum Gasteiger partial charge on any atom is 0.573 e. The van der Waals surface area contributed by atoms with Gasteiger partial charge in [0.25, 0.3) is 5.56 Å². The lowest BCUT2D eigenvalue weighted by molar-refractivity contribution is -0.274. The second-order valence-corrected chi connectivity index (χ2v) is 10.0. The van der Waals surface area contributed by atoms with Crippen LogP contribution in [0.15, 0.2) is 58.1 Å². The monoisotopic (exact) mass is 569 g/mol. The highest BCUT2D eigenvalue weighted by molar-refractivity contribution is 7.88. The fourth-order valence-corrected chi connectivity index (χ4v) is 4.37. The maximum absolute atomic E-state index is 13.5. The Morgan fingerprint density at radius 1 is 1.00 bits per heavy atom. The minimum absolute atomic E-state index is 0.0409. The minimum atomic E-state index is -4.93. The molecule has 39 heavy (non-hydrogen) atoms. The average molecular weight is 570 g/mol. The number of alkyl halides is 3. The van der Waals surface area contributed by atoms with Gasteiger partial charge in [0.15, 0.2) is 11.2 Å². The first kappa shape index (κ1) is 27.7. The second kappa shape index (κ2) is 10.5. The van der Waals surface area contributed by atoms with Gasteiger partial charge in [0.2, 0.25) is 10.0 Å². The number of rotatable bonds is 9. The van der Waals surface area contributed by atoms with Gasteiger partial charge in [-0.15, -0.1) is 13.2 Å². The summed E-state index contributed by atoms with van der Waals surface area (Å²) in [4.78, 5) is 30.6. The molecule has 0 saturated carbocycles. The summed E-state index contributed by atoms with van der Waals surface area (Å²) in [7, 11) is -0.106. The van der Waals surface area contributed by atoms with Crippen molar-refractivity contribution in [3.05, 3.63) is 74.9 Å². The van der Waals surface area contributed by atoms with Crippen LogP contribution in [0.4, 0.5) is 13.2 Å². The number of ether oxygens (including phenoxy) is 3. The molecular formula is C23H22F3N5O7S. The summed E-state index contributed by atoms with van der Waals surface area (Å²) in [6, 6.07) is 11.1. The van der Waals surface area contributed by atoms with E-state index in [2.05, 4.69) is 9.72 Å². The third kappa shape index (κ3) is 6.06. The van der Waals surface area contributed by atoms with Crippen LogP contribution in [0.3, 0.4) is 0 Å². The van der Waals surface area contributed by atoms with Crippen molar-refractivity contribution in [1.82, 2.24) is 23.4 Å². The van der Waals surface area contributed by atoms with E-state index in [0.717, 1.165) is 23.7 Å². The number of hydrogen-bond donors (Lipinski definition) is 1. The van der Waals surface area contributed by atoms with Crippen molar-refractivity contribution in [2.45, 2.75) is 18.8 Å². The third-order valence-corrected chi connectivity index (χ3v) is 6.78. The number of nitrogens with one attached hydrogen (secondary N) is 1. The number of hydrogen-bond acceptors (Lipinski definition) is 8. The van der Waals surface area contributed by atoms with Crippen molar-refractivity contribution >= 4 is 21.2 Å². The Morgan fingerprint density at radius 3 is 2.28 bits per heavy atom. The first-order valence-corrected chi connectivity index (χ1v) is 12.7. The van der Waals surface area contributed by atoms with Gasteiger partial charge >= 0.3 is 18.1 Å². The van der Waals surface area contributed by atoms with Crippen LogP contribution in [-0.2, 0) is 29.5 Å². The molecule has 0 saturated heterocycles. The van der Waals surface area contributed by atoms with Crippen LogP contribution < -0.4 is 30.2 Å². The van der Waals surface area contributed by atoms with Gasteiger partial charge in [0.05, 0.1) is 13.7 Å². The first-order chi connectivity index (χ1) is 18.3. The Hall–Kier alpha value is -4.31. The lowest BCUT2D eigenvalue weighted by atomic mass is 10.2. The molecular weight excluding hydrogens is 547 g/mol. The molecule has 0 bridgehead atoms. The van der Waals surface area contributed by atoms with E-state index in [0.29, 0.717) is 15.9 Å². The first-order valence-electron chi connectivity index (χ1n) is 11.1. The summed E-state index contributed by atoms with van der Waals surface area (Å²) in [5.41, 5.74) is -1.58. The molecule has 0 radical (unpaired) electrons. The van der Waals surface area contributed by atoms with Gasteiger partial charge in [-0.05, 0) is 36.9 Å². The highest BCUT2D eigenvalue weighted by atomic mass is 32.2. The molecule has 12 nitrogen and oxygen atoms in total. The average Bonchev–Trinajstić information content (AvgIpc) is 3.22. The molecule has 0 aliphatic rings. The molecule has 0 aliphatic heterocycles. The van der Waals surface area contributed by atoms with Crippen molar-refractivity contribution in [2.24, 2.45) is 7.05 Å². The van der Waals surface area contributed by atoms with E-state index in [1.165, 1.54) is 30.9 Å². The van der Waals surface area contributed by atoms with Crippen LogP contribution in [-0.4, -0.2) is 47.6 Å². The Kier molecular flexibility index (Phi) is 7.43. The van der Waals surface area contributed by atoms with Gasteiger partial charge in [-0.2, -0.15) is 4.98 Å². The molecule has 0 aliphatic carbocycles. The van der Waals surface area contributed by atoms with E-state index in [1.54, 1.807) is 24.3 Å². The number of sulfonamides is 1. The lowest BCUT2D eigenvalue weighted by Gasteiger charge is -2.13. The molecule has 4 rings (SSSR count). The van der Waals surface area contributed by atoms with Crippen molar-refractivity contribution < 1.29 is 35.8 Å². The number of halogens is 3. The highest BCUT2D eigenvalue weighted by Gasteiger charge is 2.31. The number of fused-ring (bicyclic) bond motifs is 1. The summed E-state index contributed by atoms with van der Waals surface area (Å²) in [6.07, 6.45) is -4.93. The van der Waals surface area contributed by atoms with Crippen LogP contribution in [0, 0.1) is 0 Å². The molecule has 0 spiro atoms. The number of aryl methyl sites for hydroxylation is 1. The Bertz CT molecular complexity index is 1740. The fraction of sp³-hybridized carbons (Fsp3) is 0.261. The molecule has 2 heterocycles. The summed E-state index contributed by atoms with van der Waals surface area (Å²) >= 11 is 0. The smallest absolute Gasteiger partial charge is 0.497 e. The second-order valence-electron chi connectivity index (χ2n) is 8.15. The van der Waals surface area contributed by atoms with Gasteiger partial charge in [-0.1, -0.05) is 18.2 Å².